The first kappa shape index (κ1) is 15.5. The smallest absolute Gasteiger partial charge is 0.128 e. The van der Waals surface area contributed by atoms with Gasteiger partial charge in [-0.2, -0.15) is 0 Å². The van der Waals surface area contributed by atoms with E-state index in [1.54, 1.807) is 0 Å². The standard InChI is InChI=1S/C18H24N2O/c1-14(2)17-11-16(13-21)12-18(19-17)20(3)10-9-15-7-5-4-6-8-15/h4-8,11-12,14,21H,9-10,13H2,1-3H3. The summed E-state index contributed by atoms with van der Waals surface area (Å²) in [5, 5.41) is 9.41. The molecule has 1 N–H and O–H groups in total. The number of aliphatic hydroxyl groups is 1. The van der Waals surface area contributed by atoms with Crippen LogP contribution in [0.5, 0.6) is 0 Å². The molecule has 0 aliphatic carbocycles. The van der Waals surface area contributed by atoms with E-state index in [0.717, 1.165) is 30.0 Å². The minimum atomic E-state index is 0.0573. The van der Waals surface area contributed by atoms with Gasteiger partial charge in [-0.1, -0.05) is 44.2 Å². The van der Waals surface area contributed by atoms with Gasteiger partial charge in [0.1, 0.15) is 5.82 Å². The molecule has 0 bridgehead atoms. The Morgan fingerprint density at radius 1 is 1.10 bits per heavy atom. The Morgan fingerprint density at radius 3 is 2.43 bits per heavy atom. The van der Waals surface area contributed by atoms with Gasteiger partial charge in [0.2, 0.25) is 0 Å². The average molecular weight is 284 g/mol. The summed E-state index contributed by atoms with van der Waals surface area (Å²) in [6, 6.07) is 14.4. The van der Waals surface area contributed by atoms with Crippen molar-refractivity contribution >= 4 is 5.82 Å². The second-order valence-corrected chi connectivity index (χ2v) is 5.73. The van der Waals surface area contributed by atoms with Crippen molar-refractivity contribution in [3.05, 3.63) is 59.3 Å². The van der Waals surface area contributed by atoms with Gasteiger partial charge in [0.05, 0.1) is 6.61 Å². The molecule has 112 valence electrons. The number of likely N-dealkylation sites (N-methyl/N-ethyl adjacent to an activating group) is 1. The number of aromatic nitrogens is 1. The van der Waals surface area contributed by atoms with E-state index in [4.69, 9.17) is 4.98 Å². The first-order valence-electron chi connectivity index (χ1n) is 7.47. The number of nitrogens with zero attached hydrogens (tertiary/aromatic N) is 2. The van der Waals surface area contributed by atoms with E-state index in [9.17, 15) is 5.11 Å². The Kier molecular flexibility index (Phi) is 5.34. The molecule has 21 heavy (non-hydrogen) atoms. The number of pyridine rings is 1. The van der Waals surface area contributed by atoms with Gasteiger partial charge in [0.15, 0.2) is 0 Å². The third-order valence-electron chi connectivity index (χ3n) is 3.64. The van der Waals surface area contributed by atoms with Crippen molar-refractivity contribution in [2.45, 2.75) is 32.8 Å². The van der Waals surface area contributed by atoms with Gasteiger partial charge in [-0.15, -0.1) is 0 Å². The van der Waals surface area contributed by atoms with E-state index < -0.39 is 0 Å². The molecule has 3 heteroatoms. The zero-order valence-electron chi connectivity index (χ0n) is 13.1. The van der Waals surface area contributed by atoms with Crippen LogP contribution in [0, 0.1) is 0 Å². The molecule has 1 aromatic heterocycles. The lowest BCUT2D eigenvalue weighted by Gasteiger charge is -2.20. The summed E-state index contributed by atoms with van der Waals surface area (Å²) in [4.78, 5) is 6.86. The molecule has 0 radical (unpaired) electrons. The SMILES string of the molecule is CC(C)c1cc(CO)cc(N(C)CCc2ccccc2)n1. The molecule has 0 unspecified atom stereocenters. The van der Waals surface area contributed by atoms with E-state index in [1.165, 1.54) is 5.56 Å². The minimum Gasteiger partial charge on any atom is -0.392 e. The molecule has 0 atom stereocenters. The normalized spacial score (nSPS) is 10.9. The topological polar surface area (TPSA) is 36.4 Å². The number of hydrogen-bond donors (Lipinski definition) is 1. The third kappa shape index (κ3) is 4.30. The quantitative estimate of drug-likeness (QED) is 0.883. The summed E-state index contributed by atoms with van der Waals surface area (Å²) in [7, 11) is 2.05. The molecule has 0 aliphatic heterocycles. The molecule has 2 aromatic rings. The fourth-order valence-electron chi connectivity index (χ4n) is 2.23. The van der Waals surface area contributed by atoms with Crippen molar-refractivity contribution in [3.63, 3.8) is 0 Å². The lowest BCUT2D eigenvalue weighted by molar-refractivity contribution is 0.281. The van der Waals surface area contributed by atoms with Gasteiger partial charge in [-0.3, -0.25) is 0 Å². The van der Waals surface area contributed by atoms with E-state index >= 15 is 0 Å². The van der Waals surface area contributed by atoms with Crippen LogP contribution in [0.25, 0.3) is 0 Å². The first-order chi connectivity index (χ1) is 10.1. The van der Waals surface area contributed by atoms with E-state index in [-0.39, 0.29) is 6.61 Å². The monoisotopic (exact) mass is 284 g/mol. The van der Waals surface area contributed by atoms with Crippen molar-refractivity contribution in [3.8, 4) is 0 Å². The highest BCUT2D eigenvalue weighted by Gasteiger charge is 2.09. The van der Waals surface area contributed by atoms with Crippen molar-refractivity contribution < 1.29 is 5.11 Å². The molecule has 1 aromatic carbocycles. The van der Waals surface area contributed by atoms with Crippen LogP contribution in [-0.4, -0.2) is 23.7 Å². The van der Waals surface area contributed by atoms with Gasteiger partial charge in [-0.25, -0.2) is 4.98 Å². The molecule has 0 saturated heterocycles. The molecule has 0 saturated carbocycles. The fourth-order valence-corrected chi connectivity index (χ4v) is 2.23. The Labute approximate surface area is 127 Å². The summed E-state index contributed by atoms with van der Waals surface area (Å²) in [5.41, 5.74) is 3.28. The predicted octanol–water partition coefficient (Wildman–Crippen LogP) is 3.38. The van der Waals surface area contributed by atoms with Crippen LogP contribution < -0.4 is 4.90 Å². The Bertz CT molecular complexity index is 567. The predicted molar refractivity (Wildman–Crippen MR) is 87.7 cm³/mol. The highest BCUT2D eigenvalue weighted by atomic mass is 16.3. The van der Waals surface area contributed by atoms with Crippen LogP contribution >= 0.6 is 0 Å². The fraction of sp³-hybridized carbons (Fsp3) is 0.389. The van der Waals surface area contributed by atoms with Gasteiger partial charge < -0.3 is 10.0 Å². The molecule has 0 aliphatic rings. The summed E-state index contributed by atoms with van der Waals surface area (Å²) in [5.74, 6) is 1.29. The number of hydrogen-bond acceptors (Lipinski definition) is 3. The number of rotatable bonds is 6. The van der Waals surface area contributed by atoms with Gasteiger partial charge >= 0.3 is 0 Å². The Hall–Kier alpha value is -1.87. The third-order valence-corrected chi connectivity index (χ3v) is 3.64. The van der Waals surface area contributed by atoms with Crippen molar-refractivity contribution in [2.24, 2.45) is 0 Å². The molecule has 0 fully saturated rings. The number of benzene rings is 1. The van der Waals surface area contributed by atoms with Crippen LogP contribution in [0.1, 0.15) is 36.6 Å². The summed E-state index contributed by atoms with van der Waals surface area (Å²) in [6.45, 7) is 5.21. The van der Waals surface area contributed by atoms with Crippen molar-refractivity contribution in [2.75, 3.05) is 18.5 Å². The van der Waals surface area contributed by atoms with Gasteiger partial charge in [0, 0.05) is 19.3 Å². The average Bonchev–Trinajstić information content (AvgIpc) is 2.53. The molecule has 1 heterocycles. The molecule has 3 nitrogen and oxygen atoms in total. The summed E-state index contributed by atoms with van der Waals surface area (Å²) < 4.78 is 0. The van der Waals surface area contributed by atoms with E-state index in [2.05, 4.69) is 50.1 Å². The molecular weight excluding hydrogens is 260 g/mol. The maximum Gasteiger partial charge on any atom is 0.128 e. The number of aliphatic hydroxyl groups excluding tert-OH is 1. The lowest BCUT2D eigenvalue weighted by Crippen LogP contribution is -2.22. The van der Waals surface area contributed by atoms with Gasteiger partial charge in [-0.05, 0) is 35.6 Å². The lowest BCUT2D eigenvalue weighted by atomic mass is 10.1. The largest absolute Gasteiger partial charge is 0.392 e. The van der Waals surface area contributed by atoms with E-state index in [0.29, 0.717) is 5.92 Å². The maximum atomic E-state index is 9.41. The molecule has 0 amide bonds. The maximum absolute atomic E-state index is 9.41. The van der Waals surface area contributed by atoms with Gasteiger partial charge in [0.25, 0.3) is 0 Å². The molecule has 0 spiro atoms. The highest BCUT2D eigenvalue weighted by molar-refractivity contribution is 5.42. The van der Waals surface area contributed by atoms with Crippen LogP contribution in [0.2, 0.25) is 0 Å². The summed E-state index contributed by atoms with van der Waals surface area (Å²) >= 11 is 0. The Balaban J connectivity index is 2.11. The minimum absolute atomic E-state index is 0.0573. The summed E-state index contributed by atoms with van der Waals surface area (Å²) in [6.07, 6.45) is 0.986. The van der Waals surface area contributed by atoms with E-state index in [1.807, 2.05) is 18.2 Å². The molecular formula is C18H24N2O. The van der Waals surface area contributed by atoms with Crippen LogP contribution in [-0.2, 0) is 13.0 Å². The zero-order valence-corrected chi connectivity index (χ0v) is 13.1. The highest BCUT2D eigenvalue weighted by Crippen LogP contribution is 2.20. The zero-order chi connectivity index (χ0) is 15.2. The Morgan fingerprint density at radius 2 is 1.81 bits per heavy atom. The van der Waals surface area contributed by atoms with Crippen molar-refractivity contribution in [1.82, 2.24) is 4.98 Å². The van der Waals surface area contributed by atoms with Crippen LogP contribution in [0.3, 0.4) is 0 Å². The second kappa shape index (κ2) is 7.23. The van der Waals surface area contributed by atoms with Crippen LogP contribution in [0.15, 0.2) is 42.5 Å². The first-order valence-corrected chi connectivity index (χ1v) is 7.47. The second-order valence-electron chi connectivity index (χ2n) is 5.73. The van der Waals surface area contributed by atoms with Crippen molar-refractivity contribution in [1.29, 1.82) is 0 Å². The van der Waals surface area contributed by atoms with Crippen LogP contribution in [0.4, 0.5) is 5.82 Å². The molecule has 2 rings (SSSR count). The number of anilines is 1.